The van der Waals surface area contributed by atoms with Crippen molar-refractivity contribution in [2.45, 2.75) is 20.5 Å². The number of nitrogens with one attached hydrogen (secondary N) is 1. The van der Waals surface area contributed by atoms with Crippen molar-refractivity contribution in [3.8, 4) is 5.75 Å². The summed E-state index contributed by atoms with van der Waals surface area (Å²) < 4.78 is 5.79. The summed E-state index contributed by atoms with van der Waals surface area (Å²) in [6.45, 7) is 4.37. The van der Waals surface area contributed by atoms with Gasteiger partial charge < -0.3 is 4.74 Å². The van der Waals surface area contributed by atoms with E-state index in [1.165, 1.54) is 6.20 Å². The van der Waals surface area contributed by atoms with Crippen molar-refractivity contribution in [1.29, 1.82) is 0 Å². The number of carbonyl (C=O) groups is 1. The number of carbonyl (C=O) groups excluding carboxylic acids is 1. The van der Waals surface area contributed by atoms with Gasteiger partial charge in [-0.1, -0.05) is 18.2 Å². The van der Waals surface area contributed by atoms with Crippen LogP contribution in [-0.4, -0.2) is 10.9 Å². The fourth-order valence-corrected chi connectivity index (χ4v) is 1.90. The van der Waals surface area contributed by atoms with Gasteiger partial charge in [0, 0.05) is 6.20 Å². The Morgan fingerprint density at radius 3 is 2.50 bits per heavy atom. The van der Waals surface area contributed by atoms with Crippen molar-refractivity contribution >= 4 is 5.91 Å². The second-order valence-electron chi connectivity index (χ2n) is 4.52. The molecule has 1 aromatic heterocycles. The van der Waals surface area contributed by atoms with Crippen molar-refractivity contribution < 1.29 is 9.53 Å². The standard InChI is InChI=1S/C15H17N3O2/c1-10-4-3-5-11(2)14(10)20-9-13-7-6-12(8-17-13)15(19)18-16/h3-8H,9,16H2,1-2H3,(H,18,19). The molecule has 104 valence electrons. The monoisotopic (exact) mass is 271 g/mol. The third-order valence-electron chi connectivity index (χ3n) is 2.99. The summed E-state index contributed by atoms with van der Waals surface area (Å²) in [6, 6.07) is 9.42. The molecule has 0 saturated heterocycles. The number of hydrazine groups is 1. The number of ether oxygens (including phenoxy) is 1. The van der Waals surface area contributed by atoms with Gasteiger partial charge in [-0.25, -0.2) is 5.84 Å². The number of nitrogen functional groups attached to an aromatic ring is 1. The molecule has 1 aromatic carbocycles. The van der Waals surface area contributed by atoms with Gasteiger partial charge in [0.1, 0.15) is 12.4 Å². The van der Waals surface area contributed by atoms with Crippen molar-refractivity contribution in [2.75, 3.05) is 0 Å². The maximum atomic E-state index is 11.3. The molecule has 5 heteroatoms. The van der Waals surface area contributed by atoms with E-state index in [0.29, 0.717) is 12.2 Å². The lowest BCUT2D eigenvalue weighted by molar-refractivity contribution is 0.0953. The first-order valence-corrected chi connectivity index (χ1v) is 6.26. The van der Waals surface area contributed by atoms with E-state index in [1.54, 1.807) is 12.1 Å². The van der Waals surface area contributed by atoms with Crippen LogP contribution in [0.5, 0.6) is 5.75 Å². The second-order valence-corrected chi connectivity index (χ2v) is 4.52. The third-order valence-corrected chi connectivity index (χ3v) is 2.99. The van der Waals surface area contributed by atoms with E-state index in [1.807, 2.05) is 32.0 Å². The Labute approximate surface area is 117 Å². The SMILES string of the molecule is Cc1cccc(C)c1OCc1ccc(C(=O)NN)cn1. The number of rotatable bonds is 4. The molecule has 0 fully saturated rings. The molecule has 0 bridgehead atoms. The highest BCUT2D eigenvalue weighted by molar-refractivity contribution is 5.93. The smallest absolute Gasteiger partial charge is 0.266 e. The molecule has 0 saturated carbocycles. The van der Waals surface area contributed by atoms with Crippen LogP contribution < -0.4 is 16.0 Å². The maximum Gasteiger partial charge on any atom is 0.266 e. The molecule has 0 unspecified atom stereocenters. The topological polar surface area (TPSA) is 77.2 Å². The van der Waals surface area contributed by atoms with Gasteiger partial charge in [0.15, 0.2) is 0 Å². The normalized spacial score (nSPS) is 10.2. The third kappa shape index (κ3) is 3.13. The van der Waals surface area contributed by atoms with E-state index in [9.17, 15) is 4.79 Å². The van der Waals surface area contributed by atoms with E-state index in [2.05, 4.69) is 10.4 Å². The number of nitrogens with zero attached hydrogens (tertiary/aromatic N) is 1. The minimum atomic E-state index is -0.361. The van der Waals surface area contributed by atoms with Crippen LogP contribution in [-0.2, 0) is 6.61 Å². The number of para-hydroxylation sites is 1. The maximum absolute atomic E-state index is 11.3. The number of aromatic nitrogens is 1. The number of aryl methyl sites for hydroxylation is 2. The van der Waals surface area contributed by atoms with Crippen LogP contribution in [0.4, 0.5) is 0 Å². The van der Waals surface area contributed by atoms with Gasteiger partial charge in [-0.2, -0.15) is 0 Å². The molecular weight excluding hydrogens is 254 g/mol. The van der Waals surface area contributed by atoms with Gasteiger partial charge in [-0.15, -0.1) is 0 Å². The molecule has 3 N–H and O–H groups in total. The highest BCUT2D eigenvalue weighted by Crippen LogP contribution is 2.23. The number of nitrogens with two attached hydrogens (primary N) is 1. The van der Waals surface area contributed by atoms with Gasteiger partial charge in [0.2, 0.25) is 0 Å². The lowest BCUT2D eigenvalue weighted by Crippen LogP contribution is -2.30. The highest BCUT2D eigenvalue weighted by atomic mass is 16.5. The average molecular weight is 271 g/mol. The van der Waals surface area contributed by atoms with Crippen molar-refractivity contribution in [1.82, 2.24) is 10.4 Å². The molecule has 2 aromatic rings. The van der Waals surface area contributed by atoms with Crippen LogP contribution in [0.2, 0.25) is 0 Å². The number of benzene rings is 1. The summed E-state index contributed by atoms with van der Waals surface area (Å²) >= 11 is 0. The average Bonchev–Trinajstić information content (AvgIpc) is 2.46. The largest absolute Gasteiger partial charge is 0.487 e. The van der Waals surface area contributed by atoms with Crippen molar-refractivity contribution in [3.05, 3.63) is 58.9 Å². The number of amides is 1. The molecule has 0 aliphatic rings. The van der Waals surface area contributed by atoms with E-state index >= 15 is 0 Å². The summed E-state index contributed by atoms with van der Waals surface area (Å²) in [4.78, 5) is 15.5. The first kappa shape index (κ1) is 14.0. The van der Waals surface area contributed by atoms with Gasteiger partial charge in [0.05, 0.1) is 11.3 Å². The fourth-order valence-electron chi connectivity index (χ4n) is 1.90. The molecule has 1 heterocycles. The first-order valence-electron chi connectivity index (χ1n) is 6.26. The Kier molecular flexibility index (Phi) is 4.32. The fraction of sp³-hybridized carbons (Fsp3) is 0.200. The van der Waals surface area contributed by atoms with Gasteiger partial charge in [0.25, 0.3) is 5.91 Å². The van der Waals surface area contributed by atoms with Crippen LogP contribution >= 0.6 is 0 Å². The molecular formula is C15H17N3O2. The number of hydrogen-bond acceptors (Lipinski definition) is 4. The van der Waals surface area contributed by atoms with E-state index in [4.69, 9.17) is 10.6 Å². The molecule has 2 rings (SSSR count). The zero-order chi connectivity index (χ0) is 14.5. The van der Waals surface area contributed by atoms with Crippen LogP contribution in [0.3, 0.4) is 0 Å². The summed E-state index contributed by atoms with van der Waals surface area (Å²) in [7, 11) is 0. The first-order chi connectivity index (χ1) is 9.61. The van der Waals surface area contributed by atoms with E-state index in [-0.39, 0.29) is 5.91 Å². The number of hydrogen-bond donors (Lipinski definition) is 2. The van der Waals surface area contributed by atoms with E-state index < -0.39 is 0 Å². The Balaban J connectivity index is 2.06. The minimum Gasteiger partial charge on any atom is -0.487 e. The lowest BCUT2D eigenvalue weighted by atomic mass is 10.1. The Hall–Kier alpha value is -2.40. The second kappa shape index (κ2) is 6.16. The summed E-state index contributed by atoms with van der Waals surface area (Å²) in [5, 5.41) is 0. The van der Waals surface area contributed by atoms with Gasteiger partial charge in [-0.05, 0) is 37.1 Å². The minimum absolute atomic E-state index is 0.357. The molecule has 0 aliphatic carbocycles. The summed E-state index contributed by atoms with van der Waals surface area (Å²) in [5.74, 6) is 5.57. The van der Waals surface area contributed by atoms with E-state index in [0.717, 1.165) is 22.6 Å². The summed E-state index contributed by atoms with van der Waals surface area (Å²) in [6.07, 6.45) is 1.48. The molecule has 5 nitrogen and oxygen atoms in total. The van der Waals surface area contributed by atoms with Gasteiger partial charge >= 0.3 is 0 Å². The molecule has 0 radical (unpaired) electrons. The molecule has 0 atom stereocenters. The Bertz CT molecular complexity index is 589. The van der Waals surface area contributed by atoms with Gasteiger partial charge in [-0.3, -0.25) is 15.2 Å². The Morgan fingerprint density at radius 1 is 1.25 bits per heavy atom. The van der Waals surface area contributed by atoms with Crippen LogP contribution in [0, 0.1) is 13.8 Å². The molecule has 20 heavy (non-hydrogen) atoms. The predicted octanol–water partition coefficient (Wildman–Crippen LogP) is 1.88. The molecule has 0 aliphatic heterocycles. The summed E-state index contributed by atoms with van der Waals surface area (Å²) in [5.41, 5.74) is 5.41. The predicted molar refractivity (Wildman–Crippen MR) is 76.1 cm³/mol. The van der Waals surface area contributed by atoms with Crippen LogP contribution in [0.1, 0.15) is 27.2 Å². The highest BCUT2D eigenvalue weighted by Gasteiger charge is 2.06. The van der Waals surface area contributed by atoms with Crippen molar-refractivity contribution in [2.24, 2.45) is 5.84 Å². The quantitative estimate of drug-likeness (QED) is 0.505. The van der Waals surface area contributed by atoms with Crippen LogP contribution in [0.15, 0.2) is 36.5 Å². The zero-order valence-electron chi connectivity index (χ0n) is 11.5. The zero-order valence-corrected chi connectivity index (χ0v) is 11.5. The lowest BCUT2D eigenvalue weighted by Gasteiger charge is -2.11. The van der Waals surface area contributed by atoms with Crippen molar-refractivity contribution in [3.63, 3.8) is 0 Å². The Morgan fingerprint density at radius 2 is 1.95 bits per heavy atom. The molecule has 0 spiro atoms. The number of pyridine rings is 1. The van der Waals surface area contributed by atoms with Crippen LogP contribution in [0.25, 0.3) is 0 Å². The molecule has 1 amide bonds.